The molecule has 0 atom stereocenters. The summed E-state index contributed by atoms with van der Waals surface area (Å²) in [5, 5.41) is 3.07. The van der Waals surface area contributed by atoms with E-state index >= 15 is 0 Å². The van der Waals surface area contributed by atoms with Gasteiger partial charge in [-0.2, -0.15) is 0 Å². The molecule has 25 heavy (non-hydrogen) atoms. The van der Waals surface area contributed by atoms with E-state index in [9.17, 15) is 9.59 Å². The normalized spacial score (nSPS) is 15.8. The molecule has 5 heteroatoms. The first kappa shape index (κ1) is 19.0. The van der Waals surface area contributed by atoms with E-state index < -0.39 is 0 Å². The van der Waals surface area contributed by atoms with Crippen LogP contribution in [0.25, 0.3) is 0 Å². The average Bonchev–Trinajstić information content (AvgIpc) is 2.62. The highest BCUT2D eigenvalue weighted by Gasteiger charge is 2.24. The first-order valence-electron chi connectivity index (χ1n) is 8.91. The number of piperidine rings is 1. The monoisotopic (exact) mass is 344 g/mol. The zero-order valence-corrected chi connectivity index (χ0v) is 15.4. The van der Waals surface area contributed by atoms with Gasteiger partial charge in [-0.3, -0.25) is 9.59 Å². The molecule has 1 aromatic rings. The number of amides is 2. The number of methoxy groups -OCH3 is 1. The van der Waals surface area contributed by atoms with Crippen LogP contribution in [0.4, 0.5) is 0 Å². The molecular formula is C20H28N2O3. The maximum Gasteiger partial charge on any atom is 0.246 e. The number of nitrogens with zero attached hydrogens (tertiary/aromatic N) is 1. The van der Waals surface area contributed by atoms with Crippen LogP contribution in [0.5, 0.6) is 5.75 Å². The van der Waals surface area contributed by atoms with E-state index in [4.69, 9.17) is 4.74 Å². The predicted octanol–water partition coefficient (Wildman–Crippen LogP) is 2.70. The van der Waals surface area contributed by atoms with Crippen LogP contribution >= 0.6 is 0 Å². The molecule has 0 spiro atoms. The van der Waals surface area contributed by atoms with Gasteiger partial charge < -0.3 is 15.0 Å². The zero-order chi connectivity index (χ0) is 18.2. The molecule has 0 bridgehead atoms. The third-order valence-corrected chi connectivity index (χ3v) is 4.54. The quantitative estimate of drug-likeness (QED) is 0.807. The van der Waals surface area contributed by atoms with Gasteiger partial charge in [0.15, 0.2) is 0 Å². The second-order valence-electron chi connectivity index (χ2n) is 6.45. The zero-order valence-electron chi connectivity index (χ0n) is 15.4. The summed E-state index contributed by atoms with van der Waals surface area (Å²) in [5.74, 6) is 0.894. The fourth-order valence-corrected chi connectivity index (χ4v) is 3.04. The van der Waals surface area contributed by atoms with Crippen LogP contribution in [0.2, 0.25) is 0 Å². The number of allylic oxidation sites excluding steroid dienone is 1. The highest BCUT2D eigenvalue weighted by molar-refractivity contribution is 5.92. The Morgan fingerprint density at radius 1 is 1.32 bits per heavy atom. The van der Waals surface area contributed by atoms with Crippen LogP contribution in [-0.2, 0) is 16.0 Å². The van der Waals surface area contributed by atoms with Crippen molar-refractivity contribution in [3.8, 4) is 5.75 Å². The molecule has 1 aromatic carbocycles. The van der Waals surface area contributed by atoms with Crippen molar-refractivity contribution in [1.82, 2.24) is 10.2 Å². The fourth-order valence-electron chi connectivity index (χ4n) is 3.04. The summed E-state index contributed by atoms with van der Waals surface area (Å²) >= 11 is 0. The van der Waals surface area contributed by atoms with Crippen molar-refractivity contribution in [3.63, 3.8) is 0 Å². The van der Waals surface area contributed by atoms with Gasteiger partial charge in [-0.05, 0) is 43.9 Å². The summed E-state index contributed by atoms with van der Waals surface area (Å²) in [4.78, 5) is 26.4. The highest BCUT2D eigenvalue weighted by Crippen LogP contribution is 2.16. The van der Waals surface area contributed by atoms with Crippen molar-refractivity contribution in [2.75, 3.05) is 20.2 Å². The Hall–Kier alpha value is -2.30. The molecule has 1 fully saturated rings. The molecule has 1 aliphatic rings. The van der Waals surface area contributed by atoms with E-state index in [0.717, 1.165) is 36.1 Å². The van der Waals surface area contributed by atoms with Crippen LogP contribution in [0, 0.1) is 0 Å². The topological polar surface area (TPSA) is 58.6 Å². The molecule has 5 nitrogen and oxygen atoms in total. The van der Waals surface area contributed by atoms with Gasteiger partial charge in [0.1, 0.15) is 5.75 Å². The van der Waals surface area contributed by atoms with Gasteiger partial charge in [-0.1, -0.05) is 25.1 Å². The van der Waals surface area contributed by atoms with Gasteiger partial charge in [0.25, 0.3) is 0 Å². The lowest BCUT2D eigenvalue weighted by Gasteiger charge is -2.32. The van der Waals surface area contributed by atoms with E-state index in [0.29, 0.717) is 19.5 Å². The summed E-state index contributed by atoms with van der Waals surface area (Å²) in [5.41, 5.74) is 1.72. The lowest BCUT2D eigenvalue weighted by atomic mass is 10.0. The molecule has 0 radical (unpaired) electrons. The van der Waals surface area contributed by atoms with Crippen molar-refractivity contribution >= 4 is 11.8 Å². The Morgan fingerprint density at radius 2 is 2.04 bits per heavy atom. The number of ether oxygens (including phenoxy) is 1. The number of benzene rings is 1. The van der Waals surface area contributed by atoms with Gasteiger partial charge in [0, 0.05) is 24.7 Å². The maximum absolute atomic E-state index is 12.5. The third-order valence-electron chi connectivity index (χ3n) is 4.54. The summed E-state index contributed by atoms with van der Waals surface area (Å²) in [6.07, 6.45) is 4.77. The minimum absolute atomic E-state index is 0.00278. The SMILES string of the molecule is CCC=C(C)C(=O)NC1CCN(C(=O)Cc2cccc(OC)c2)CC1. The third kappa shape index (κ3) is 5.62. The summed E-state index contributed by atoms with van der Waals surface area (Å²) in [6.45, 7) is 5.23. The van der Waals surface area contributed by atoms with E-state index in [-0.39, 0.29) is 17.9 Å². The van der Waals surface area contributed by atoms with Crippen LogP contribution < -0.4 is 10.1 Å². The number of nitrogens with one attached hydrogen (secondary N) is 1. The van der Waals surface area contributed by atoms with Crippen molar-refractivity contribution in [1.29, 1.82) is 0 Å². The number of hydrogen-bond acceptors (Lipinski definition) is 3. The number of carbonyl (C=O) groups is 2. The van der Waals surface area contributed by atoms with E-state index in [1.54, 1.807) is 7.11 Å². The second kappa shape index (κ2) is 9.25. The molecule has 1 heterocycles. The summed E-state index contributed by atoms with van der Waals surface area (Å²) < 4.78 is 5.20. The van der Waals surface area contributed by atoms with Crippen LogP contribution in [0.3, 0.4) is 0 Å². The predicted molar refractivity (Wildman–Crippen MR) is 98.5 cm³/mol. The van der Waals surface area contributed by atoms with E-state index in [1.165, 1.54) is 0 Å². The van der Waals surface area contributed by atoms with Crippen LogP contribution in [0.1, 0.15) is 38.7 Å². The Kier molecular flexibility index (Phi) is 7.04. The van der Waals surface area contributed by atoms with Gasteiger partial charge in [0.05, 0.1) is 13.5 Å². The Labute approximate surface area is 150 Å². The lowest BCUT2D eigenvalue weighted by Crippen LogP contribution is -2.47. The number of likely N-dealkylation sites (tertiary alicyclic amines) is 1. The number of carbonyl (C=O) groups excluding carboxylic acids is 2. The molecule has 1 N–H and O–H groups in total. The Balaban J connectivity index is 1.82. The molecule has 1 saturated heterocycles. The van der Waals surface area contributed by atoms with Crippen molar-refractivity contribution in [3.05, 3.63) is 41.5 Å². The molecule has 0 aliphatic carbocycles. The first-order chi connectivity index (χ1) is 12.0. The molecule has 2 amide bonds. The van der Waals surface area contributed by atoms with Crippen LogP contribution in [-0.4, -0.2) is 43.0 Å². The molecule has 2 rings (SSSR count). The smallest absolute Gasteiger partial charge is 0.246 e. The standard InChI is InChI=1S/C20H28N2O3/c1-4-6-15(2)20(24)21-17-9-11-22(12-10-17)19(23)14-16-7-5-8-18(13-16)25-3/h5-8,13,17H,4,9-12,14H2,1-3H3,(H,21,24). The minimum atomic E-state index is 0.00278. The van der Waals surface area contributed by atoms with Gasteiger partial charge in [-0.15, -0.1) is 0 Å². The summed E-state index contributed by atoms with van der Waals surface area (Å²) in [7, 11) is 1.62. The van der Waals surface area contributed by atoms with Gasteiger partial charge in [0.2, 0.25) is 11.8 Å². The second-order valence-corrected chi connectivity index (χ2v) is 6.45. The maximum atomic E-state index is 12.5. The fraction of sp³-hybridized carbons (Fsp3) is 0.500. The van der Waals surface area contributed by atoms with E-state index in [2.05, 4.69) is 5.32 Å². The molecule has 136 valence electrons. The van der Waals surface area contributed by atoms with Crippen molar-refractivity contribution in [2.45, 2.75) is 45.6 Å². The molecule has 0 saturated carbocycles. The van der Waals surface area contributed by atoms with Crippen LogP contribution in [0.15, 0.2) is 35.9 Å². The van der Waals surface area contributed by atoms with Gasteiger partial charge >= 0.3 is 0 Å². The first-order valence-corrected chi connectivity index (χ1v) is 8.91. The number of rotatable bonds is 6. The minimum Gasteiger partial charge on any atom is -0.497 e. The van der Waals surface area contributed by atoms with E-state index in [1.807, 2.05) is 49.1 Å². The molecule has 0 unspecified atom stereocenters. The van der Waals surface area contributed by atoms with Gasteiger partial charge in [-0.25, -0.2) is 0 Å². The summed E-state index contributed by atoms with van der Waals surface area (Å²) in [6, 6.07) is 7.75. The molecule has 1 aliphatic heterocycles. The highest BCUT2D eigenvalue weighted by atomic mass is 16.5. The molecular weight excluding hydrogens is 316 g/mol. The number of hydrogen-bond donors (Lipinski definition) is 1. The average molecular weight is 344 g/mol. The molecule has 0 aromatic heterocycles. The Bertz CT molecular complexity index is 632. The van der Waals surface area contributed by atoms with Crippen molar-refractivity contribution in [2.24, 2.45) is 0 Å². The Morgan fingerprint density at radius 3 is 2.68 bits per heavy atom. The largest absolute Gasteiger partial charge is 0.497 e. The van der Waals surface area contributed by atoms with Crippen molar-refractivity contribution < 1.29 is 14.3 Å². The lowest BCUT2D eigenvalue weighted by molar-refractivity contribution is -0.131.